The van der Waals surface area contributed by atoms with Gasteiger partial charge in [-0.3, -0.25) is 0 Å². The first-order valence-corrected chi connectivity index (χ1v) is 7.71. The van der Waals surface area contributed by atoms with Crippen molar-refractivity contribution in [3.8, 4) is 34.1 Å². The van der Waals surface area contributed by atoms with Crippen LogP contribution in [0.25, 0.3) is 21.9 Å². The second-order valence-corrected chi connectivity index (χ2v) is 5.97. The Morgan fingerprint density at radius 1 is 0.870 bits per heavy atom. The minimum absolute atomic E-state index is 0.0683. The zero-order chi connectivity index (χ0) is 16.6. The molecule has 0 spiro atoms. The average Bonchev–Trinajstić information content (AvgIpc) is 2.55. The summed E-state index contributed by atoms with van der Waals surface area (Å²) in [5.41, 5.74) is 1.36. The summed E-state index contributed by atoms with van der Waals surface area (Å²) in [5.74, 6) is 0.650. The highest BCUT2D eigenvalue weighted by atomic mass is 79.9. The highest BCUT2D eigenvalue weighted by molar-refractivity contribution is 9.10. The number of fused-ring (bicyclic) bond motifs is 1. The van der Waals surface area contributed by atoms with Crippen LogP contribution in [0.4, 0.5) is 0 Å². The van der Waals surface area contributed by atoms with E-state index in [4.69, 9.17) is 9.47 Å². The van der Waals surface area contributed by atoms with E-state index in [1.54, 1.807) is 18.2 Å². The number of ether oxygens (including phenoxy) is 2. The molecule has 0 aliphatic carbocycles. The molecule has 118 valence electrons. The molecule has 2 N–H and O–H groups in total. The summed E-state index contributed by atoms with van der Waals surface area (Å²) in [6.07, 6.45) is 0. The van der Waals surface area contributed by atoms with Crippen LogP contribution in [0.5, 0.6) is 23.0 Å². The summed E-state index contributed by atoms with van der Waals surface area (Å²) in [6, 6.07) is 12.7. The molecule has 3 aromatic rings. The molecule has 3 aromatic carbocycles. The van der Waals surface area contributed by atoms with E-state index < -0.39 is 0 Å². The van der Waals surface area contributed by atoms with Gasteiger partial charge < -0.3 is 19.7 Å². The van der Waals surface area contributed by atoms with E-state index >= 15 is 0 Å². The molecule has 0 bridgehead atoms. The number of aromatic hydroxyl groups is 2. The second kappa shape index (κ2) is 6.01. The maximum atomic E-state index is 10.4. The number of halogens is 1. The lowest BCUT2D eigenvalue weighted by Crippen LogP contribution is -1.91. The van der Waals surface area contributed by atoms with Crippen LogP contribution in [0.2, 0.25) is 0 Å². The van der Waals surface area contributed by atoms with Crippen molar-refractivity contribution in [1.82, 2.24) is 0 Å². The van der Waals surface area contributed by atoms with E-state index in [9.17, 15) is 10.2 Å². The minimum Gasteiger partial charge on any atom is -0.507 e. The van der Waals surface area contributed by atoms with Gasteiger partial charge in [0.25, 0.3) is 0 Å². The second-order valence-electron chi connectivity index (χ2n) is 5.05. The van der Waals surface area contributed by atoms with Crippen LogP contribution in [0.3, 0.4) is 0 Å². The van der Waals surface area contributed by atoms with Crippen LogP contribution in [0.1, 0.15) is 0 Å². The summed E-state index contributed by atoms with van der Waals surface area (Å²) in [5, 5.41) is 22.3. The third kappa shape index (κ3) is 2.68. The van der Waals surface area contributed by atoms with Crippen molar-refractivity contribution < 1.29 is 19.7 Å². The Morgan fingerprint density at radius 3 is 2.13 bits per heavy atom. The Bertz CT molecular complexity index is 865. The third-order valence-corrected chi connectivity index (χ3v) is 4.22. The highest BCUT2D eigenvalue weighted by Crippen LogP contribution is 2.44. The fourth-order valence-corrected chi connectivity index (χ4v) is 3.01. The third-order valence-electron chi connectivity index (χ3n) is 3.73. The molecule has 0 atom stereocenters. The molecule has 0 amide bonds. The molecule has 23 heavy (non-hydrogen) atoms. The molecule has 0 radical (unpaired) electrons. The van der Waals surface area contributed by atoms with Gasteiger partial charge in [-0.25, -0.2) is 0 Å². The van der Waals surface area contributed by atoms with E-state index in [0.717, 1.165) is 15.2 Å². The molecule has 0 unspecified atom stereocenters. The zero-order valence-corrected chi connectivity index (χ0v) is 14.2. The molecular formula is C18H15BrO4. The summed E-state index contributed by atoms with van der Waals surface area (Å²) < 4.78 is 11.4. The molecule has 0 saturated heterocycles. The topological polar surface area (TPSA) is 58.9 Å². The summed E-state index contributed by atoms with van der Waals surface area (Å²) >= 11 is 3.45. The Kier molecular flexibility index (Phi) is 4.05. The maximum absolute atomic E-state index is 10.4. The van der Waals surface area contributed by atoms with Crippen molar-refractivity contribution >= 4 is 26.7 Å². The van der Waals surface area contributed by atoms with Crippen molar-refractivity contribution in [2.24, 2.45) is 0 Å². The predicted molar refractivity (Wildman–Crippen MR) is 93.5 cm³/mol. The number of rotatable bonds is 3. The lowest BCUT2D eigenvalue weighted by molar-refractivity contribution is 0.340. The summed E-state index contributed by atoms with van der Waals surface area (Å²) in [4.78, 5) is 0. The van der Waals surface area contributed by atoms with Crippen molar-refractivity contribution in [2.75, 3.05) is 14.2 Å². The fraction of sp³-hybridized carbons (Fsp3) is 0.111. The number of phenols is 2. The van der Waals surface area contributed by atoms with Crippen molar-refractivity contribution in [3.05, 3.63) is 46.9 Å². The first-order valence-electron chi connectivity index (χ1n) is 6.91. The standard InChI is InChI=1S/C18H15BrO4/c1-22-15-8-11(9-16(23-2)18(15)21)17-13-5-4-12(19)7-10(13)3-6-14(17)20/h3-9,20-21H,1-2H3. The van der Waals surface area contributed by atoms with Gasteiger partial charge in [0.1, 0.15) is 5.75 Å². The Labute approximate surface area is 142 Å². The fourth-order valence-electron chi connectivity index (χ4n) is 2.63. The molecule has 0 fully saturated rings. The normalized spacial score (nSPS) is 10.7. The van der Waals surface area contributed by atoms with E-state index in [1.807, 2.05) is 24.3 Å². The lowest BCUT2D eigenvalue weighted by atomic mass is 9.96. The molecule has 4 nitrogen and oxygen atoms in total. The van der Waals surface area contributed by atoms with Gasteiger partial charge >= 0.3 is 0 Å². The van der Waals surface area contributed by atoms with Crippen LogP contribution in [-0.2, 0) is 0 Å². The van der Waals surface area contributed by atoms with Crippen LogP contribution < -0.4 is 9.47 Å². The Balaban J connectivity index is 2.34. The molecule has 3 rings (SSSR count). The van der Waals surface area contributed by atoms with E-state index in [0.29, 0.717) is 11.1 Å². The molecule has 0 saturated carbocycles. The van der Waals surface area contributed by atoms with E-state index in [1.165, 1.54) is 14.2 Å². The largest absolute Gasteiger partial charge is 0.507 e. The van der Waals surface area contributed by atoms with Gasteiger partial charge in [-0.15, -0.1) is 0 Å². The van der Waals surface area contributed by atoms with Crippen LogP contribution in [0.15, 0.2) is 46.9 Å². The summed E-state index contributed by atoms with van der Waals surface area (Å²) in [7, 11) is 2.94. The predicted octanol–water partition coefficient (Wildman–Crippen LogP) is 4.70. The Hall–Kier alpha value is -2.40. The van der Waals surface area contributed by atoms with Crippen LogP contribution >= 0.6 is 15.9 Å². The highest BCUT2D eigenvalue weighted by Gasteiger charge is 2.16. The van der Waals surface area contributed by atoms with Gasteiger partial charge in [-0.05, 0) is 46.7 Å². The number of hydrogen-bond donors (Lipinski definition) is 2. The number of methoxy groups -OCH3 is 2. The smallest absolute Gasteiger partial charge is 0.200 e. The first kappa shape index (κ1) is 15.5. The molecule has 0 heterocycles. The zero-order valence-electron chi connectivity index (χ0n) is 12.6. The van der Waals surface area contributed by atoms with Crippen molar-refractivity contribution in [3.63, 3.8) is 0 Å². The van der Waals surface area contributed by atoms with Gasteiger partial charge in [0.15, 0.2) is 11.5 Å². The van der Waals surface area contributed by atoms with Crippen molar-refractivity contribution in [1.29, 1.82) is 0 Å². The molecule has 0 aliphatic heterocycles. The monoisotopic (exact) mass is 374 g/mol. The first-order chi connectivity index (χ1) is 11.0. The van der Waals surface area contributed by atoms with Gasteiger partial charge in [-0.2, -0.15) is 0 Å². The molecule has 0 aliphatic rings. The quantitative estimate of drug-likeness (QED) is 0.697. The van der Waals surface area contributed by atoms with Crippen LogP contribution in [0, 0.1) is 0 Å². The van der Waals surface area contributed by atoms with Crippen LogP contribution in [-0.4, -0.2) is 24.4 Å². The average molecular weight is 375 g/mol. The Morgan fingerprint density at radius 2 is 1.52 bits per heavy atom. The van der Waals surface area contributed by atoms with Gasteiger partial charge in [-0.1, -0.05) is 28.1 Å². The molecule has 0 aromatic heterocycles. The van der Waals surface area contributed by atoms with Gasteiger partial charge in [0.2, 0.25) is 5.75 Å². The summed E-state index contributed by atoms with van der Waals surface area (Å²) in [6.45, 7) is 0. The van der Waals surface area contributed by atoms with E-state index in [2.05, 4.69) is 15.9 Å². The number of phenolic OH excluding ortho intramolecular Hbond substituents is 2. The molecule has 5 heteroatoms. The lowest BCUT2D eigenvalue weighted by Gasteiger charge is -2.14. The maximum Gasteiger partial charge on any atom is 0.200 e. The molecular weight excluding hydrogens is 360 g/mol. The number of hydrogen-bond acceptors (Lipinski definition) is 4. The van der Waals surface area contributed by atoms with E-state index in [-0.39, 0.29) is 23.0 Å². The number of benzene rings is 3. The minimum atomic E-state index is -0.0683. The SMILES string of the molecule is COc1cc(-c2c(O)ccc3cc(Br)ccc23)cc(OC)c1O. The van der Waals surface area contributed by atoms with Gasteiger partial charge in [0.05, 0.1) is 14.2 Å². The van der Waals surface area contributed by atoms with Gasteiger partial charge in [0, 0.05) is 10.0 Å². The van der Waals surface area contributed by atoms with Crippen molar-refractivity contribution in [2.45, 2.75) is 0 Å².